The Labute approximate surface area is 97.4 Å². The lowest BCUT2D eigenvalue weighted by atomic mass is 9.92. The average molecular weight is 218 g/mol. The summed E-state index contributed by atoms with van der Waals surface area (Å²) in [5.41, 5.74) is 1.55. The van der Waals surface area contributed by atoms with E-state index >= 15 is 0 Å². The summed E-state index contributed by atoms with van der Waals surface area (Å²) in [6, 6.07) is 0. The highest BCUT2D eigenvalue weighted by Gasteiger charge is 2.18. The van der Waals surface area contributed by atoms with E-state index in [4.69, 9.17) is 11.2 Å². The maximum Gasteiger partial charge on any atom is 0.334 e. The Kier molecular flexibility index (Phi) is 5.42. The predicted molar refractivity (Wildman–Crippen MR) is 64.7 cm³/mol. The van der Waals surface area contributed by atoms with Gasteiger partial charge in [-0.3, -0.25) is 0 Å². The van der Waals surface area contributed by atoms with Gasteiger partial charge in [-0.15, -0.1) is 13.0 Å². The summed E-state index contributed by atoms with van der Waals surface area (Å²) < 4.78 is 5.18. The van der Waals surface area contributed by atoms with Crippen molar-refractivity contribution < 1.29 is 9.53 Å². The summed E-state index contributed by atoms with van der Waals surface area (Å²) in [5, 5.41) is 0. The SMILES string of the molecule is C#CC1=C(C(=O)OCCCC=C)CCCC1. The van der Waals surface area contributed by atoms with Gasteiger partial charge in [-0.05, 0) is 38.5 Å². The van der Waals surface area contributed by atoms with Crippen LogP contribution in [0.25, 0.3) is 0 Å². The maximum atomic E-state index is 11.7. The van der Waals surface area contributed by atoms with Crippen molar-refractivity contribution in [3.05, 3.63) is 23.8 Å². The number of unbranched alkanes of at least 4 members (excludes halogenated alkanes) is 1. The van der Waals surface area contributed by atoms with Gasteiger partial charge in [-0.1, -0.05) is 12.0 Å². The lowest BCUT2D eigenvalue weighted by Crippen LogP contribution is -2.13. The van der Waals surface area contributed by atoms with Crippen molar-refractivity contribution in [2.45, 2.75) is 38.5 Å². The molecule has 0 heterocycles. The van der Waals surface area contributed by atoms with E-state index in [1.54, 1.807) is 0 Å². The lowest BCUT2D eigenvalue weighted by Gasteiger charge is -2.15. The van der Waals surface area contributed by atoms with Crippen LogP contribution in [0.1, 0.15) is 38.5 Å². The fraction of sp³-hybridized carbons (Fsp3) is 0.500. The van der Waals surface area contributed by atoms with Crippen molar-refractivity contribution in [2.24, 2.45) is 0 Å². The zero-order valence-corrected chi connectivity index (χ0v) is 9.63. The highest BCUT2D eigenvalue weighted by atomic mass is 16.5. The van der Waals surface area contributed by atoms with Crippen LogP contribution in [0.3, 0.4) is 0 Å². The molecular weight excluding hydrogens is 200 g/mol. The van der Waals surface area contributed by atoms with Crippen molar-refractivity contribution in [1.29, 1.82) is 0 Å². The van der Waals surface area contributed by atoms with Crippen LogP contribution in [-0.4, -0.2) is 12.6 Å². The fourth-order valence-electron chi connectivity index (χ4n) is 1.77. The largest absolute Gasteiger partial charge is 0.462 e. The van der Waals surface area contributed by atoms with Gasteiger partial charge in [0.15, 0.2) is 0 Å². The first-order chi connectivity index (χ1) is 7.79. The summed E-state index contributed by atoms with van der Waals surface area (Å²) in [6.45, 7) is 4.07. The Morgan fingerprint density at radius 3 is 2.94 bits per heavy atom. The maximum absolute atomic E-state index is 11.7. The van der Waals surface area contributed by atoms with Crippen LogP contribution in [-0.2, 0) is 9.53 Å². The molecule has 16 heavy (non-hydrogen) atoms. The number of rotatable bonds is 5. The zero-order valence-electron chi connectivity index (χ0n) is 9.63. The Hall–Kier alpha value is -1.49. The third-order valence-electron chi connectivity index (χ3n) is 2.67. The van der Waals surface area contributed by atoms with Crippen LogP contribution in [0.4, 0.5) is 0 Å². The monoisotopic (exact) mass is 218 g/mol. The van der Waals surface area contributed by atoms with Crippen molar-refractivity contribution in [1.82, 2.24) is 0 Å². The second-order valence-corrected chi connectivity index (χ2v) is 3.88. The van der Waals surface area contributed by atoms with Gasteiger partial charge in [-0.25, -0.2) is 4.79 Å². The molecule has 0 aromatic carbocycles. The molecule has 0 aromatic rings. The van der Waals surface area contributed by atoms with E-state index in [0.29, 0.717) is 12.2 Å². The molecule has 1 rings (SSSR count). The van der Waals surface area contributed by atoms with Crippen molar-refractivity contribution >= 4 is 5.97 Å². The van der Waals surface area contributed by atoms with E-state index in [1.165, 1.54) is 0 Å². The van der Waals surface area contributed by atoms with Crippen LogP contribution in [0.2, 0.25) is 0 Å². The molecule has 0 N–H and O–H groups in total. The molecule has 0 aromatic heterocycles. The van der Waals surface area contributed by atoms with Gasteiger partial charge >= 0.3 is 5.97 Å². The second-order valence-electron chi connectivity index (χ2n) is 3.88. The summed E-state index contributed by atoms with van der Waals surface area (Å²) in [5.74, 6) is 2.37. The van der Waals surface area contributed by atoms with Crippen LogP contribution in [0, 0.1) is 12.3 Å². The fourth-order valence-corrected chi connectivity index (χ4v) is 1.77. The summed E-state index contributed by atoms with van der Waals surface area (Å²) in [7, 11) is 0. The molecule has 1 aliphatic rings. The molecular formula is C14H18O2. The quantitative estimate of drug-likeness (QED) is 0.307. The highest BCUT2D eigenvalue weighted by molar-refractivity contribution is 5.90. The number of esters is 1. The molecule has 0 atom stereocenters. The second kappa shape index (κ2) is 6.90. The Morgan fingerprint density at radius 2 is 2.25 bits per heavy atom. The summed E-state index contributed by atoms with van der Waals surface area (Å²) in [4.78, 5) is 11.7. The molecule has 2 nitrogen and oxygen atoms in total. The van der Waals surface area contributed by atoms with Gasteiger partial charge < -0.3 is 4.74 Å². The third kappa shape index (κ3) is 3.58. The molecule has 86 valence electrons. The normalized spacial score (nSPS) is 15.4. The van der Waals surface area contributed by atoms with Gasteiger partial charge in [-0.2, -0.15) is 0 Å². The van der Waals surface area contributed by atoms with Crippen LogP contribution in [0.15, 0.2) is 23.8 Å². The number of ether oxygens (including phenoxy) is 1. The number of carbonyl (C=O) groups excluding carboxylic acids is 1. The molecule has 0 saturated carbocycles. The molecule has 0 radical (unpaired) electrons. The number of carbonyl (C=O) groups is 1. The first-order valence-electron chi connectivity index (χ1n) is 5.76. The van der Waals surface area contributed by atoms with Crippen molar-refractivity contribution in [3.63, 3.8) is 0 Å². The van der Waals surface area contributed by atoms with E-state index < -0.39 is 0 Å². The molecule has 0 aliphatic heterocycles. The molecule has 0 saturated heterocycles. The van der Waals surface area contributed by atoms with Crippen LogP contribution >= 0.6 is 0 Å². The Morgan fingerprint density at radius 1 is 1.50 bits per heavy atom. The minimum Gasteiger partial charge on any atom is -0.462 e. The van der Waals surface area contributed by atoms with Gasteiger partial charge in [0.25, 0.3) is 0 Å². The molecule has 0 unspecified atom stereocenters. The molecule has 0 amide bonds. The van der Waals surface area contributed by atoms with Gasteiger partial charge in [0, 0.05) is 11.1 Å². The smallest absolute Gasteiger partial charge is 0.334 e. The van der Waals surface area contributed by atoms with E-state index in [2.05, 4.69) is 12.5 Å². The molecule has 0 fully saturated rings. The number of hydrogen-bond donors (Lipinski definition) is 0. The number of allylic oxidation sites excluding steroid dienone is 2. The first kappa shape index (κ1) is 12.6. The standard InChI is InChI=1S/C14H18O2/c1-3-5-8-11-16-14(15)13-10-7-6-9-12(13)4-2/h2-3H,1,5-11H2. The molecule has 2 heteroatoms. The van der Waals surface area contributed by atoms with Crippen LogP contribution < -0.4 is 0 Å². The lowest BCUT2D eigenvalue weighted by molar-refractivity contribution is -0.139. The zero-order chi connectivity index (χ0) is 11.8. The molecule has 0 bridgehead atoms. The summed E-state index contributed by atoms with van der Waals surface area (Å²) in [6.07, 6.45) is 12.6. The minimum atomic E-state index is -0.225. The van der Waals surface area contributed by atoms with Gasteiger partial charge in [0.05, 0.1) is 6.61 Å². The Bertz CT molecular complexity index is 331. The van der Waals surface area contributed by atoms with Gasteiger partial charge in [0.2, 0.25) is 0 Å². The van der Waals surface area contributed by atoms with E-state index in [-0.39, 0.29) is 5.97 Å². The first-order valence-corrected chi connectivity index (χ1v) is 5.76. The van der Waals surface area contributed by atoms with E-state index in [0.717, 1.165) is 44.1 Å². The topological polar surface area (TPSA) is 26.3 Å². The minimum absolute atomic E-state index is 0.225. The van der Waals surface area contributed by atoms with Crippen molar-refractivity contribution in [3.8, 4) is 12.3 Å². The third-order valence-corrected chi connectivity index (χ3v) is 2.67. The number of terminal acetylenes is 1. The highest BCUT2D eigenvalue weighted by Crippen LogP contribution is 2.25. The predicted octanol–water partition coefficient (Wildman–Crippen LogP) is 3.00. The van der Waals surface area contributed by atoms with Crippen molar-refractivity contribution in [2.75, 3.05) is 6.61 Å². The van der Waals surface area contributed by atoms with E-state index in [1.807, 2.05) is 6.08 Å². The Balaban J connectivity index is 2.49. The van der Waals surface area contributed by atoms with Crippen LogP contribution in [0.5, 0.6) is 0 Å². The van der Waals surface area contributed by atoms with E-state index in [9.17, 15) is 4.79 Å². The molecule has 1 aliphatic carbocycles. The van der Waals surface area contributed by atoms with Gasteiger partial charge in [0.1, 0.15) is 0 Å². The average Bonchev–Trinajstić information content (AvgIpc) is 2.34. The summed E-state index contributed by atoms with van der Waals surface area (Å²) >= 11 is 0. The molecule has 0 spiro atoms. The number of hydrogen-bond acceptors (Lipinski definition) is 2.